The Morgan fingerprint density at radius 2 is 1.81 bits per heavy atom. The van der Waals surface area contributed by atoms with Crippen LogP contribution in [0.5, 0.6) is 0 Å². The van der Waals surface area contributed by atoms with Crippen molar-refractivity contribution in [3.05, 3.63) is 48.3 Å². The molecule has 0 aliphatic heterocycles. The average Bonchev–Trinajstić information content (AvgIpc) is 3.15. The van der Waals surface area contributed by atoms with Crippen molar-refractivity contribution in [2.24, 2.45) is 34.5 Å². The van der Waals surface area contributed by atoms with Gasteiger partial charge in [0.05, 0.1) is 0 Å². The second-order valence-electron chi connectivity index (χ2n) is 12.3. The first-order valence-electron chi connectivity index (χ1n) is 13.1. The summed E-state index contributed by atoms with van der Waals surface area (Å²) in [6.07, 6.45) is 17.9. The highest BCUT2D eigenvalue weighted by atomic mass is 15.1. The lowest BCUT2D eigenvalue weighted by atomic mass is 9.44. The predicted molar refractivity (Wildman–Crippen MR) is 134 cm³/mol. The van der Waals surface area contributed by atoms with E-state index >= 15 is 0 Å². The molecule has 0 radical (unpaired) electrons. The van der Waals surface area contributed by atoms with Gasteiger partial charge < -0.3 is 4.90 Å². The summed E-state index contributed by atoms with van der Waals surface area (Å²) < 4.78 is 0. The van der Waals surface area contributed by atoms with Gasteiger partial charge in [-0.3, -0.25) is 4.98 Å². The van der Waals surface area contributed by atoms with E-state index in [2.05, 4.69) is 68.2 Å². The van der Waals surface area contributed by atoms with E-state index in [1.807, 2.05) is 12.4 Å². The Hall–Kier alpha value is -1.67. The van der Waals surface area contributed by atoms with E-state index in [0.29, 0.717) is 10.8 Å². The minimum atomic E-state index is 0.353. The molecule has 170 valence electrons. The van der Waals surface area contributed by atoms with Crippen LogP contribution in [0.25, 0.3) is 16.3 Å². The summed E-state index contributed by atoms with van der Waals surface area (Å²) in [4.78, 5) is 6.80. The van der Waals surface area contributed by atoms with Crippen LogP contribution in [0.15, 0.2) is 42.7 Å². The highest BCUT2D eigenvalue weighted by Crippen LogP contribution is 2.67. The third-order valence-electron chi connectivity index (χ3n) is 10.9. The highest BCUT2D eigenvalue weighted by molar-refractivity contribution is 5.86. The van der Waals surface area contributed by atoms with Crippen molar-refractivity contribution < 1.29 is 0 Å². The van der Waals surface area contributed by atoms with E-state index in [-0.39, 0.29) is 0 Å². The molecular weight excluding hydrogens is 388 g/mol. The predicted octanol–water partition coefficient (Wildman–Crippen LogP) is 7.20. The summed E-state index contributed by atoms with van der Waals surface area (Å²) in [6, 6.07) is 10.0. The van der Waals surface area contributed by atoms with E-state index in [1.54, 1.807) is 5.57 Å². The molecule has 4 aliphatic carbocycles. The van der Waals surface area contributed by atoms with Gasteiger partial charge in [0.1, 0.15) is 0 Å². The van der Waals surface area contributed by atoms with Crippen LogP contribution in [0.3, 0.4) is 0 Å². The first kappa shape index (κ1) is 20.9. The Morgan fingerprint density at radius 1 is 0.938 bits per heavy atom. The SMILES string of the molecule is CN(C)[C@H]1CC[C@@]2(C)[C@@H](CCC3[C@@H]4CC=C(c5ccc6cnccc6c5)C4(C)CC[C@@H]32)C1. The maximum atomic E-state index is 4.30. The number of rotatable bonds is 2. The van der Waals surface area contributed by atoms with Gasteiger partial charge in [0.15, 0.2) is 0 Å². The molecule has 2 aromatic rings. The minimum absolute atomic E-state index is 0.353. The van der Waals surface area contributed by atoms with Crippen LogP contribution in [0, 0.1) is 34.5 Å². The van der Waals surface area contributed by atoms with Gasteiger partial charge in [-0.15, -0.1) is 0 Å². The molecule has 2 nitrogen and oxygen atoms in total. The van der Waals surface area contributed by atoms with Gasteiger partial charge in [-0.05, 0) is 129 Å². The topological polar surface area (TPSA) is 16.1 Å². The molecule has 0 amide bonds. The van der Waals surface area contributed by atoms with Crippen molar-refractivity contribution in [3.8, 4) is 0 Å². The van der Waals surface area contributed by atoms with Crippen LogP contribution in [-0.4, -0.2) is 30.0 Å². The normalized spacial score (nSPS) is 41.2. The number of benzene rings is 1. The van der Waals surface area contributed by atoms with Gasteiger partial charge in [0, 0.05) is 23.8 Å². The lowest BCUT2D eigenvalue weighted by molar-refractivity contribution is -0.106. The van der Waals surface area contributed by atoms with Crippen molar-refractivity contribution in [2.75, 3.05) is 14.1 Å². The number of hydrogen-bond donors (Lipinski definition) is 0. The molecule has 1 heterocycles. The number of allylic oxidation sites excluding steroid dienone is 2. The molecule has 4 aliphatic rings. The van der Waals surface area contributed by atoms with Crippen molar-refractivity contribution >= 4 is 16.3 Å². The van der Waals surface area contributed by atoms with E-state index in [0.717, 1.165) is 29.7 Å². The van der Waals surface area contributed by atoms with Crippen LogP contribution in [0.1, 0.15) is 70.8 Å². The maximum Gasteiger partial charge on any atom is 0.0346 e. The van der Waals surface area contributed by atoms with Crippen LogP contribution in [-0.2, 0) is 0 Å². The van der Waals surface area contributed by atoms with Crippen molar-refractivity contribution in [2.45, 2.75) is 71.3 Å². The number of aromatic nitrogens is 1. The molecule has 2 heteroatoms. The zero-order chi connectivity index (χ0) is 22.1. The zero-order valence-electron chi connectivity index (χ0n) is 20.5. The molecule has 0 bridgehead atoms. The smallest absolute Gasteiger partial charge is 0.0346 e. The molecule has 0 N–H and O–H groups in total. The molecule has 1 aromatic carbocycles. The molecule has 7 atom stereocenters. The molecule has 0 spiro atoms. The lowest BCUT2D eigenvalue weighted by Crippen LogP contribution is -2.54. The third kappa shape index (κ3) is 2.98. The summed E-state index contributed by atoms with van der Waals surface area (Å²) in [5, 5.41) is 2.57. The number of fused-ring (bicyclic) bond motifs is 6. The Morgan fingerprint density at radius 3 is 2.66 bits per heavy atom. The van der Waals surface area contributed by atoms with E-state index in [9.17, 15) is 0 Å². The molecular formula is C30H40N2. The Kier molecular flexibility index (Phi) is 4.85. The Bertz CT molecular complexity index is 1050. The summed E-state index contributed by atoms with van der Waals surface area (Å²) >= 11 is 0. The van der Waals surface area contributed by atoms with Crippen LogP contribution >= 0.6 is 0 Å². The molecule has 0 saturated heterocycles. The zero-order valence-corrected chi connectivity index (χ0v) is 20.5. The molecule has 2 unspecified atom stereocenters. The molecule has 32 heavy (non-hydrogen) atoms. The molecule has 3 fully saturated rings. The third-order valence-corrected chi connectivity index (χ3v) is 10.9. The Labute approximate surface area is 194 Å². The first-order chi connectivity index (χ1) is 15.4. The van der Waals surface area contributed by atoms with Crippen molar-refractivity contribution in [1.29, 1.82) is 0 Å². The molecule has 1 aromatic heterocycles. The van der Waals surface area contributed by atoms with Gasteiger partial charge >= 0.3 is 0 Å². The Balaban J connectivity index is 1.28. The van der Waals surface area contributed by atoms with Crippen LogP contribution < -0.4 is 0 Å². The maximum absolute atomic E-state index is 4.30. The van der Waals surface area contributed by atoms with Gasteiger partial charge in [0.25, 0.3) is 0 Å². The summed E-state index contributed by atoms with van der Waals surface area (Å²) in [5.74, 6) is 3.65. The minimum Gasteiger partial charge on any atom is -0.306 e. The quantitative estimate of drug-likeness (QED) is 0.503. The van der Waals surface area contributed by atoms with E-state index < -0.39 is 0 Å². The average molecular weight is 429 g/mol. The lowest BCUT2D eigenvalue weighted by Gasteiger charge is -2.61. The van der Waals surface area contributed by atoms with Crippen molar-refractivity contribution in [3.63, 3.8) is 0 Å². The van der Waals surface area contributed by atoms with Crippen LogP contribution in [0.2, 0.25) is 0 Å². The standard InChI is InChI=1S/C30H40N2/c1-29-14-11-24(32(3)4)18-23(29)7-8-25-27-10-9-26(30(27,2)15-12-28(25)29)21-5-6-22-19-31-16-13-20(22)17-21/h5-6,9,13,16-17,19,23-25,27-28H,7-8,10-12,14-15,18H2,1-4H3/t23-,24-,25?,27-,28-,29-,30?/m0/s1. The fourth-order valence-corrected chi connectivity index (χ4v) is 8.97. The van der Waals surface area contributed by atoms with E-state index in [4.69, 9.17) is 0 Å². The number of pyridine rings is 1. The molecule has 3 saturated carbocycles. The van der Waals surface area contributed by atoms with Gasteiger partial charge in [0.2, 0.25) is 0 Å². The van der Waals surface area contributed by atoms with Gasteiger partial charge in [-0.1, -0.05) is 32.1 Å². The van der Waals surface area contributed by atoms with Crippen LogP contribution in [0.4, 0.5) is 0 Å². The summed E-state index contributed by atoms with van der Waals surface area (Å²) in [7, 11) is 4.58. The summed E-state index contributed by atoms with van der Waals surface area (Å²) in [5.41, 5.74) is 4.03. The monoisotopic (exact) mass is 428 g/mol. The largest absolute Gasteiger partial charge is 0.306 e. The highest BCUT2D eigenvalue weighted by Gasteiger charge is 2.58. The number of hydrogen-bond acceptors (Lipinski definition) is 2. The van der Waals surface area contributed by atoms with Crippen molar-refractivity contribution in [1.82, 2.24) is 9.88 Å². The fourth-order valence-electron chi connectivity index (χ4n) is 8.97. The first-order valence-corrected chi connectivity index (χ1v) is 13.1. The van der Waals surface area contributed by atoms with Gasteiger partial charge in [-0.25, -0.2) is 0 Å². The van der Waals surface area contributed by atoms with Gasteiger partial charge in [-0.2, -0.15) is 0 Å². The summed E-state index contributed by atoms with van der Waals surface area (Å²) in [6.45, 7) is 5.31. The second-order valence-corrected chi connectivity index (χ2v) is 12.3. The molecule has 6 rings (SSSR count). The second kappa shape index (κ2) is 7.42. The van der Waals surface area contributed by atoms with E-state index in [1.165, 1.54) is 67.7 Å². The number of nitrogens with zero attached hydrogens (tertiary/aromatic N) is 2. The fraction of sp³-hybridized carbons (Fsp3) is 0.633.